The molecule has 100 heavy (non-hydrogen) atoms. The Labute approximate surface area is 574 Å². The molecule has 8 rings (SSSR count). The maximum Gasteiger partial charge on any atom is 0.269 e. The summed E-state index contributed by atoms with van der Waals surface area (Å²) in [4.78, 5) is 166. The summed E-state index contributed by atoms with van der Waals surface area (Å²) in [5.74, 6) is -9.11. The van der Waals surface area contributed by atoms with Crippen molar-refractivity contribution in [2.24, 2.45) is 17.2 Å². The second-order valence-corrected chi connectivity index (χ2v) is 24.3. The zero-order chi connectivity index (χ0) is 71.8. The summed E-state index contributed by atoms with van der Waals surface area (Å²) in [7, 11) is 0. The minimum atomic E-state index is -1.55. The normalized spacial score (nSPS) is 13.3. The van der Waals surface area contributed by atoms with Crippen molar-refractivity contribution in [3.05, 3.63) is 172 Å². The minimum absolute atomic E-state index is 0.0608. The molecular formula is C71H83N15O14. The molecule has 526 valence electrons. The molecule has 18 N–H and O–H groups in total. The molecule has 0 saturated carbocycles. The van der Waals surface area contributed by atoms with Crippen LogP contribution in [0.25, 0.3) is 43.2 Å². The summed E-state index contributed by atoms with van der Waals surface area (Å²) in [5.41, 5.74) is 19.2. The summed E-state index contributed by atoms with van der Waals surface area (Å²) in [6, 6.07) is 28.6. The number of hydrogen-bond donors (Lipinski definition) is 15. The number of aliphatic hydroxyl groups is 1. The molecule has 8 aromatic rings. The monoisotopic (exact) mass is 1370 g/mol. The Balaban J connectivity index is 1.09. The van der Waals surface area contributed by atoms with E-state index in [0.717, 1.165) is 39.2 Å². The van der Waals surface area contributed by atoms with Crippen molar-refractivity contribution in [2.75, 3.05) is 39.3 Å². The van der Waals surface area contributed by atoms with E-state index in [9.17, 15) is 53.6 Å². The van der Waals surface area contributed by atoms with Crippen molar-refractivity contribution >= 4 is 114 Å². The number of nitrogens with two attached hydrogens (primary N) is 3. The van der Waals surface area contributed by atoms with Crippen molar-refractivity contribution in [3.63, 3.8) is 0 Å². The number of amides is 11. The Hall–Kier alpha value is -11.4. The molecule has 0 bridgehead atoms. The minimum Gasteiger partial charge on any atom is -0.394 e. The lowest BCUT2D eigenvalue weighted by molar-refractivity contribution is -0.384. The number of carbonyl (C=O) groups excluding carboxylic acids is 11. The average Bonchev–Trinajstić information content (AvgIpc) is 0.829. The molecule has 0 aliphatic heterocycles. The molecule has 0 fully saturated rings. The molecule has 7 aromatic carbocycles. The van der Waals surface area contributed by atoms with Gasteiger partial charge in [-0.05, 0) is 112 Å². The summed E-state index contributed by atoms with van der Waals surface area (Å²) in [5, 5.41) is 53.4. The van der Waals surface area contributed by atoms with Crippen LogP contribution in [0.15, 0.2) is 140 Å². The molecular weight excluding hydrogens is 1290 g/mol. The lowest BCUT2D eigenvalue weighted by Crippen LogP contribution is -2.60. The van der Waals surface area contributed by atoms with Gasteiger partial charge in [-0.3, -0.25) is 62.9 Å². The topological polar surface area (TPSA) is 465 Å². The van der Waals surface area contributed by atoms with E-state index in [1.807, 2.05) is 54.6 Å². The fourth-order valence-corrected chi connectivity index (χ4v) is 11.8. The number of rotatable bonds is 38. The van der Waals surface area contributed by atoms with Crippen LogP contribution in [0, 0.1) is 10.1 Å². The van der Waals surface area contributed by atoms with Gasteiger partial charge in [0.05, 0.1) is 31.2 Å². The number of nitrogens with zero attached hydrogens (tertiary/aromatic N) is 1. The first-order chi connectivity index (χ1) is 48.1. The van der Waals surface area contributed by atoms with Gasteiger partial charge in [0.2, 0.25) is 65.0 Å². The van der Waals surface area contributed by atoms with E-state index in [0.29, 0.717) is 65.4 Å². The Morgan fingerprint density at radius 3 is 1.55 bits per heavy atom. The molecule has 1 heterocycles. The number of nitro benzene ring substituents is 1. The number of carbonyl (C=O) groups is 11. The number of aliphatic hydroxyl groups excluding tert-OH is 1. The van der Waals surface area contributed by atoms with Crippen molar-refractivity contribution < 1.29 is 62.8 Å². The summed E-state index contributed by atoms with van der Waals surface area (Å²) in [6.45, 7) is -1.04. The first-order valence-corrected chi connectivity index (χ1v) is 32.8. The maximum absolute atomic E-state index is 15.4. The number of nitrogens with one attached hydrogen (secondary N) is 11. The standard InChI is InChI=1S/C71H83N15O14/c1-41(88)79-59(40-87)71(98)82-54(22-8-10-30-73)66(93)78-39-62(91)81-57(34-47-33-46-17-11-15-44-25-26-45-16-12-19-51(47)64(45)63(44)46)69(96)84-56(31-42-13-3-2-4-14-42)68(95)85-58(35-48-36-75-52-20-6-5-18-50(48)52)70(97)83-55(32-43-23-27-49(28-24-43)86(99)100)67(94)77-37-60(89)76-38-61(90)80-53(65(74)92)21-7-9-29-72/h2-6,11-20,23-28,33,36,53-59,75,87H,7-10,21-22,29-32,34-35,37-40,72-73H2,1H3,(H2,74,92)(H,76,89)(H,77,94)(H,78,93)(H,79,88)(H,80,90)(H,81,91)(H,82,98)(H,83,97)(H,84,96)(H,85,95)/t53-,54-,55-,56-,57-,58-,59-/m0/s1. The van der Waals surface area contributed by atoms with Crippen molar-refractivity contribution in [2.45, 2.75) is 113 Å². The fourth-order valence-electron chi connectivity index (χ4n) is 11.8. The number of aromatic amines is 1. The number of para-hydroxylation sites is 1. The number of H-pyrrole nitrogens is 1. The predicted molar refractivity (Wildman–Crippen MR) is 373 cm³/mol. The molecule has 0 unspecified atom stereocenters. The number of aromatic nitrogens is 1. The highest BCUT2D eigenvalue weighted by atomic mass is 16.6. The van der Waals surface area contributed by atoms with Gasteiger partial charge in [0.1, 0.15) is 42.3 Å². The largest absolute Gasteiger partial charge is 0.394 e. The number of primary amides is 1. The van der Waals surface area contributed by atoms with Gasteiger partial charge in [-0.1, -0.05) is 115 Å². The zero-order valence-corrected chi connectivity index (χ0v) is 55.1. The number of hydrogen-bond acceptors (Lipinski definition) is 16. The van der Waals surface area contributed by atoms with Crippen LogP contribution >= 0.6 is 0 Å². The molecule has 0 aliphatic rings. The number of fused-ring (bicyclic) bond motifs is 1. The molecule has 0 spiro atoms. The van der Waals surface area contributed by atoms with Gasteiger partial charge in [0.25, 0.3) is 5.69 Å². The number of non-ortho nitro benzene ring substituents is 1. The van der Waals surface area contributed by atoms with Gasteiger partial charge in [0, 0.05) is 61.8 Å². The van der Waals surface area contributed by atoms with Crippen LogP contribution in [0.2, 0.25) is 0 Å². The summed E-state index contributed by atoms with van der Waals surface area (Å²) >= 11 is 0. The molecule has 7 atom stereocenters. The summed E-state index contributed by atoms with van der Waals surface area (Å²) in [6.07, 6.45) is 2.94. The Morgan fingerprint density at radius 1 is 0.460 bits per heavy atom. The predicted octanol–water partition coefficient (Wildman–Crippen LogP) is 0.742. The Morgan fingerprint density at radius 2 is 0.940 bits per heavy atom. The molecule has 0 saturated heterocycles. The first-order valence-electron chi connectivity index (χ1n) is 32.8. The average molecular weight is 1370 g/mol. The molecule has 29 heteroatoms. The lowest BCUT2D eigenvalue weighted by Gasteiger charge is -2.27. The molecule has 0 aliphatic carbocycles. The van der Waals surface area contributed by atoms with Gasteiger partial charge in [-0.25, -0.2) is 0 Å². The van der Waals surface area contributed by atoms with E-state index in [2.05, 4.69) is 58.2 Å². The highest BCUT2D eigenvalue weighted by Crippen LogP contribution is 2.37. The lowest BCUT2D eigenvalue weighted by atomic mass is 9.89. The second-order valence-electron chi connectivity index (χ2n) is 24.3. The van der Waals surface area contributed by atoms with Crippen LogP contribution in [0.5, 0.6) is 0 Å². The third-order valence-electron chi connectivity index (χ3n) is 16.9. The number of benzene rings is 7. The van der Waals surface area contributed by atoms with E-state index in [1.165, 1.54) is 24.3 Å². The second kappa shape index (κ2) is 36.2. The van der Waals surface area contributed by atoms with Crippen LogP contribution in [-0.2, 0) is 78.4 Å². The Bertz CT molecular complexity index is 4250. The van der Waals surface area contributed by atoms with Crippen LogP contribution in [0.3, 0.4) is 0 Å². The van der Waals surface area contributed by atoms with E-state index in [4.69, 9.17) is 17.2 Å². The molecule has 29 nitrogen and oxygen atoms in total. The maximum atomic E-state index is 15.4. The Kier molecular flexibility index (Phi) is 26.9. The number of nitro groups is 1. The number of unbranched alkanes of at least 4 members (excludes halogenated alkanes) is 2. The quantitative estimate of drug-likeness (QED) is 0.0110. The zero-order valence-electron chi connectivity index (χ0n) is 55.1. The molecule has 11 amide bonds. The van der Waals surface area contributed by atoms with Crippen LogP contribution in [0.4, 0.5) is 5.69 Å². The van der Waals surface area contributed by atoms with Crippen molar-refractivity contribution in [1.82, 2.24) is 58.2 Å². The van der Waals surface area contributed by atoms with Crippen LogP contribution in [0.1, 0.15) is 67.7 Å². The van der Waals surface area contributed by atoms with E-state index in [1.54, 1.807) is 60.8 Å². The highest BCUT2D eigenvalue weighted by molar-refractivity contribution is 6.24. The van der Waals surface area contributed by atoms with E-state index >= 15 is 14.4 Å². The third kappa shape index (κ3) is 20.8. The van der Waals surface area contributed by atoms with Crippen LogP contribution in [-0.4, -0.2) is 162 Å². The van der Waals surface area contributed by atoms with Gasteiger partial charge in [0.15, 0.2) is 0 Å². The van der Waals surface area contributed by atoms with Crippen molar-refractivity contribution in [3.8, 4) is 0 Å². The first kappa shape index (κ1) is 74.4. The van der Waals surface area contributed by atoms with E-state index in [-0.39, 0.29) is 50.8 Å². The third-order valence-corrected chi connectivity index (χ3v) is 16.9. The van der Waals surface area contributed by atoms with Gasteiger partial charge >= 0.3 is 0 Å². The fraction of sp³-hybridized carbons (Fsp3) is 0.338. The van der Waals surface area contributed by atoms with Crippen molar-refractivity contribution in [1.29, 1.82) is 0 Å². The van der Waals surface area contributed by atoms with Gasteiger partial charge in [-0.2, -0.15) is 0 Å². The van der Waals surface area contributed by atoms with Gasteiger partial charge < -0.3 is 80.5 Å². The van der Waals surface area contributed by atoms with Crippen LogP contribution < -0.4 is 70.4 Å². The molecule has 0 radical (unpaired) electrons. The molecule has 1 aromatic heterocycles. The summed E-state index contributed by atoms with van der Waals surface area (Å²) < 4.78 is 0. The van der Waals surface area contributed by atoms with Gasteiger partial charge in [-0.15, -0.1) is 0 Å². The van der Waals surface area contributed by atoms with E-state index < -0.39 is 138 Å². The smallest absolute Gasteiger partial charge is 0.269 e. The highest BCUT2D eigenvalue weighted by Gasteiger charge is 2.34. The SMILES string of the molecule is CC(=O)N[C@@H](CO)C(=O)N[C@@H](CCCCN)C(=O)NCC(=O)N[C@@H](Cc1cc2cccc3ccc4cccc1c4c32)C(=O)N[C@@H](Cc1ccccc1)C(=O)N[C@@H](Cc1c[nH]c2ccccc12)C(=O)N[C@@H](Cc1ccc([N+](=O)[O-])cc1)C(=O)NCC(=O)NCC(=O)N[C@@H](CCCCN)C(N)=O.